The van der Waals surface area contributed by atoms with Gasteiger partial charge < -0.3 is 10.1 Å². The largest absolute Gasteiger partial charge is 0.494 e. The molecule has 2 aliphatic rings. The van der Waals surface area contributed by atoms with Crippen LogP contribution in [0.15, 0.2) is 30.4 Å². The molecule has 17 heavy (non-hydrogen) atoms. The van der Waals surface area contributed by atoms with Gasteiger partial charge in [-0.15, -0.1) is 0 Å². The van der Waals surface area contributed by atoms with E-state index in [2.05, 4.69) is 17.5 Å². The maximum absolute atomic E-state index is 13.5. The first-order valence-corrected chi connectivity index (χ1v) is 6.04. The van der Waals surface area contributed by atoms with Crippen LogP contribution >= 0.6 is 0 Å². The fourth-order valence-corrected chi connectivity index (χ4v) is 2.85. The van der Waals surface area contributed by atoms with Crippen molar-refractivity contribution in [2.24, 2.45) is 11.8 Å². The molecule has 0 bridgehead atoms. The molecule has 1 aromatic carbocycles. The van der Waals surface area contributed by atoms with Crippen molar-refractivity contribution < 1.29 is 9.13 Å². The van der Waals surface area contributed by atoms with Crippen LogP contribution in [0, 0.1) is 17.7 Å². The normalized spacial score (nSPS) is 29.6. The van der Waals surface area contributed by atoms with Gasteiger partial charge in [0.05, 0.1) is 7.11 Å². The predicted molar refractivity (Wildman–Crippen MR) is 65.7 cm³/mol. The van der Waals surface area contributed by atoms with Crippen LogP contribution in [-0.4, -0.2) is 13.2 Å². The average molecular weight is 233 g/mol. The number of ether oxygens (including phenoxy) is 1. The van der Waals surface area contributed by atoms with Gasteiger partial charge in [-0.3, -0.25) is 0 Å². The molecule has 0 saturated heterocycles. The monoisotopic (exact) mass is 233 g/mol. The molecule has 1 N–H and O–H groups in total. The lowest BCUT2D eigenvalue weighted by atomic mass is 9.71. The highest BCUT2D eigenvalue weighted by Gasteiger charge is 2.40. The van der Waals surface area contributed by atoms with Crippen molar-refractivity contribution in [2.45, 2.75) is 18.9 Å². The zero-order valence-electron chi connectivity index (χ0n) is 9.82. The Hall–Kier alpha value is -1.51. The summed E-state index contributed by atoms with van der Waals surface area (Å²) in [5.41, 5.74) is 0.840. The molecule has 0 radical (unpaired) electrons. The Balaban J connectivity index is 1.69. The van der Waals surface area contributed by atoms with Gasteiger partial charge in [0.25, 0.3) is 0 Å². The quantitative estimate of drug-likeness (QED) is 0.809. The number of halogens is 1. The molecular formula is C14H16FNO. The SMILES string of the molecule is COc1ccc(NC2CC3CC=CC32)cc1F. The Morgan fingerprint density at radius 1 is 1.41 bits per heavy atom. The molecule has 0 aliphatic heterocycles. The van der Waals surface area contributed by atoms with Crippen LogP contribution in [0.4, 0.5) is 10.1 Å². The summed E-state index contributed by atoms with van der Waals surface area (Å²) in [6.07, 6.45) is 6.93. The van der Waals surface area contributed by atoms with Crippen LogP contribution in [-0.2, 0) is 0 Å². The van der Waals surface area contributed by atoms with Gasteiger partial charge in [0.2, 0.25) is 0 Å². The maximum atomic E-state index is 13.5. The second-order valence-corrected chi connectivity index (χ2v) is 4.84. The molecule has 3 heteroatoms. The first-order valence-electron chi connectivity index (χ1n) is 6.04. The molecule has 3 atom stereocenters. The number of fused-ring (bicyclic) bond motifs is 1. The third-order valence-electron chi connectivity index (χ3n) is 3.87. The third-order valence-corrected chi connectivity index (χ3v) is 3.87. The van der Waals surface area contributed by atoms with Crippen molar-refractivity contribution in [1.82, 2.24) is 0 Å². The lowest BCUT2D eigenvalue weighted by Gasteiger charge is -2.41. The molecule has 0 aromatic heterocycles. The molecule has 2 nitrogen and oxygen atoms in total. The van der Waals surface area contributed by atoms with Crippen LogP contribution in [0.1, 0.15) is 12.8 Å². The van der Waals surface area contributed by atoms with E-state index in [9.17, 15) is 4.39 Å². The van der Waals surface area contributed by atoms with Gasteiger partial charge in [-0.05, 0) is 30.9 Å². The molecule has 1 aromatic rings. The second kappa shape index (κ2) is 4.06. The lowest BCUT2D eigenvalue weighted by Crippen LogP contribution is -2.43. The molecule has 1 fully saturated rings. The number of hydrogen-bond donors (Lipinski definition) is 1. The van der Waals surface area contributed by atoms with E-state index in [0.29, 0.717) is 17.7 Å². The second-order valence-electron chi connectivity index (χ2n) is 4.84. The number of nitrogens with one attached hydrogen (secondary N) is 1. The summed E-state index contributed by atoms with van der Waals surface area (Å²) in [6, 6.07) is 5.50. The summed E-state index contributed by atoms with van der Waals surface area (Å²) in [4.78, 5) is 0. The van der Waals surface area contributed by atoms with E-state index in [1.807, 2.05) is 6.07 Å². The summed E-state index contributed by atoms with van der Waals surface area (Å²) in [6.45, 7) is 0. The van der Waals surface area contributed by atoms with Crippen molar-refractivity contribution in [3.63, 3.8) is 0 Å². The van der Waals surface area contributed by atoms with E-state index in [0.717, 1.165) is 11.6 Å². The van der Waals surface area contributed by atoms with E-state index in [4.69, 9.17) is 4.74 Å². The Labute approximate surface area is 100 Å². The van der Waals surface area contributed by atoms with Crippen molar-refractivity contribution >= 4 is 5.69 Å². The zero-order chi connectivity index (χ0) is 11.8. The van der Waals surface area contributed by atoms with Crippen LogP contribution in [0.2, 0.25) is 0 Å². The maximum Gasteiger partial charge on any atom is 0.167 e. The van der Waals surface area contributed by atoms with E-state index < -0.39 is 0 Å². The Bertz CT molecular complexity index is 458. The number of methoxy groups -OCH3 is 1. The summed E-state index contributed by atoms with van der Waals surface area (Å²) in [5.74, 6) is 1.44. The van der Waals surface area contributed by atoms with E-state index in [-0.39, 0.29) is 5.82 Å². The van der Waals surface area contributed by atoms with Gasteiger partial charge in [0, 0.05) is 23.7 Å². The van der Waals surface area contributed by atoms with Gasteiger partial charge in [-0.2, -0.15) is 0 Å². The van der Waals surface area contributed by atoms with Crippen LogP contribution in [0.3, 0.4) is 0 Å². The fraction of sp³-hybridized carbons (Fsp3) is 0.429. The van der Waals surface area contributed by atoms with Crippen molar-refractivity contribution in [1.29, 1.82) is 0 Å². The number of benzene rings is 1. The van der Waals surface area contributed by atoms with Gasteiger partial charge >= 0.3 is 0 Å². The number of anilines is 1. The van der Waals surface area contributed by atoms with Crippen molar-refractivity contribution in [3.05, 3.63) is 36.2 Å². The molecule has 3 rings (SSSR count). The summed E-state index contributed by atoms with van der Waals surface area (Å²) < 4.78 is 18.4. The van der Waals surface area contributed by atoms with Crippen LogP contribution < -0.4 is 10.1 Å². The number of allylic oxidation sites excluding steroid dienone is 1. The molecule has 90 valence electrons. The van der Waals surface area contributed by atoms with E-state index in [1.54, 1.807) is 6.07 Å². The van der Waals surface area contributed by atoms with Gasteiger partial charge in [-0.25, -0.2) is 4.39 Å². The molecule has 0 spiro atoms. The Kier molecular flexibility index (Phi) is 2.54. The smallest absolute Gasteiger partial charge is 0.167 e. The highest BCUT2D eigenvalue weighted by atomic mass is 19.1. The highest BCUT2D eigenvalue weighted by molar-refractivity contribution is 5.49. The Morgan fingerprint density at radius 3 is 3.00 bits per heavy atom. The average Bonchev–Trinajstić information content (AvgIpc) is 2.68. The third kappa shape index (κ3) is 1.79. The molecular weight excluding hydrogens is 217 g/mol. The minimum absolute atomic E-state index is 0.294. The minimum atomic E-state index is -0.310. The van der Waals surface area contributed by atoms with Crippen LogP contribution in [0.5, 0.6) is 5.75 Å². The number of hydrogen-bond acceptors (Lipinski definition) is 2. The molecule has 0 amide bonds. The van der Waals surface area contributed by atoms with Crippen molar-refractivity contribution in [2.75, 3.05) is 12.4 Å². The molecule has 2 aliphatic carbocycles. The molecule has 0 heterocycles. The van der Waals surface area contributed by atoms with E-state index >= 15 is 0 Å². The van der Waals surface area contributed by atoms with Crippen LogP contribution in [0.25, 0.3) is 0 Å². The van der Waals surface area contributed by atoms with E-state index in [1.165, 1.54) is 26.0 Å². The molecule has 1 saturated carbocycles. The number of rotatable bonds is 3. The first kappa shape index (κ1) is 10.6. The standard InChI is InChI=1S/C14H16FNO/c1-17-14-6-5-10(8-12(14)15)16-13-7-9-3-2-4-11(9)13/h2,4-6,8-9,11,13,16H,3,7H2,1H3. The predicted octanol–water partition coefficient (Wildman–Crippen LogP) is 3.21. The Morgan fingerprint density at radius 2 is 2.29 bits per heavy atom. The molecule has 3 unspecified atom stereocenters. The van der Waals surface area contributed by atoms with Gasteiger partial charge in [0.1, 0.15) is 0 Å². The lowest BCUT2D eigenvalue weighted by molar-refractivity contribution is 0.218. The minimum Gasteiger partial charge on any atom is -0.494 e. The summed E-state index contributed by atoms with van der Waals surface area (Å²) in [7, 11) is 1.48. The fourth-order valence-electron chi connectivity index (χ4n) is 2.85. The van der Waals surface area contributed by atoms with Gasteiger partial charge in [-0.1, -0.05) is 12.2 Å². The van der Waals surface area contributed by atoms with Gasteiger partial charge in [0.15, 0.2) is 11.6 Å². The summed E-state index contributed by atoms with van der Waals surface area (Å²) in [5, 5.41) is 3.40. The first-order chi connectivity index (χ1) is 8.28. The highest BCUT2D eigenvalue weighted by Crippen LogP contribution is 2.44. The summed E-state index contributed by atoms with van der Waals surface area (Å²) >= 11 is 0. The topological polar surface area (TPSA) is 21.3 Å². The zero-order valence-corrected chi connectivity index (χ0v) is 9.82. The van der Waals surface area contributed by atoms with Crippen molar-refractivity contribution in [3.8, 4) is 5.75 Å².